The van der Waals surface area contributed by atoms with E-state index in [0.717, 1.165) is 116 Å². The molecule has 4 N–H and O–H groups in total. The number of aliphatic hydroxyl groups is 1. The zero-order chi connectivity index (χ0) is 48.4. The number of carbonyl (C=O) groups is 3. The van der Waals surface area contributed by atoms with Crippen LogP contribution >= 0.6 is 7.82 Å². The molecule has 0 spiro atoms. The van der Waals surface area contributed by atoms with Gasteiger partial charge in [0, 0.05) is 12.8 Å². The molecule has 0 aromatic carbocycles. The molecule has 0 aliphatic rings. The van der Waals surface area contributed by atoms with Crippen molar-refractivity contribution in [3.8, 4) is 0 Å². The second-order valence-corrected chi connectivity index (χ2v) is 17.0. The molecule has 12 heteroatoms. The Hall–Kier alpha value is -4.38. The summed E-state index contributed by atoms with van der Waals surface area (Å²) in [5.74, 6) is -2.46. The third-order valence-corrected chi connectivity index (χ3v) is 10.4. The predicted molar refractivity (Wildman–Crippen MR) is 272 cm³/mol. The number of carboxylic acid groups (broad SMARTS) is 1. The van der Waals surface area contributed by atoms with Gasteiger partial charge in [-0.25, -0.2) is 9.36 Å². The number of aliphatic carboxylic acids is 1. The maximum absolute atomic E-state index is 12.4. The van der Waals surface area contributed by atoms with Crippen molar-refractivity contribution in [3.63, 3.8) is 0 Å². The number of phosphoric acid groups is 1. The van der Waals surface area contributed by atoms with Crippen LogP contribution in [0.2, 0.25) is 0 Å². The summed E-state index contributed by atoms with van der Waals surface area (Å²) in [6.45, 7) is 2.30. The molecule has 0 bridgehead atoms. The number of rotatable bonds is 43. The molecule has 0 aliphatic heterocycles. The molecule has 0 saturated carbocycles. The Morgan fingerprint density at radius 3 is 1.24 bits per heavy atom. The Bertz CT molecular complexity index is 1620. The fraction of sp³-hybridized carbons (Fsp3) is 0.537. The smallest absolute Gasteiger partial charge is 0.472 e. The highest BCUT2D eigenvalue weighted by atomic mass is 31.2. The Kier molecular flexibility index (Phi) is 44.0. The van der Waals surface area contributed by atoms with Crippen LogP contribution in [0.5, 0.6) is 0 Å². The molecule has 0 rings (SSSR count). The van der Waals surface area contributed by atoms with Crippen LogP contribution in [0.1, 0.15) is 155 Å². The third-order valence-electron chi connectivity index (χ3n) is 9.43. The number of hydrogen-bond acceptors (Lipinski definition) is 8. The summed E-state index contributed by atoms with van der Waals surface area (Å²) >= 11 is 0. The van der Waals surface area contributed by atoms with Gasteiger partial charge in [-0.3, -0.25) is 18.6 Å². The number of aliphatic hydroxyl groups excluding tert-OH is 1. The molecule has 1 amide bonds. The molecule has 0 aromatic heterocycles. The molecule has 0 aliphatic carbocycles. The van der Waals surface area contributed by atoms with Crippen LogP contribution in [-0.2, 0) is 32.7 Å². The monoisotopic (exact) mass is 938 g/mol. The van der Waals surface area contributed by atoms with Gasteiger partial charge >= 0.3 is 19.8 Å². The maximum atomic E-state index is 12.4. The fourth-order valence-electron chi connectivity index (χ4n) is 5.75. The first kappa shape index (κ1) is 61.6. The number of carboxylic acids is 1. The highest BCUT2D eigenvalue weighted by Gasteiger charge is 2.28. The quantitative estimate of drug-likeness (QED) is 0.0200. The molecule has 0 saturated heterocycles. The van der Waals surface area contributed by atoms with Crippen LogP contribution in [-0.4, -0.2) is 64.9 Å². The van der Waals surface area contributed by atoms with Gasteiger partial charge < -0.3 is 25.2 Å². The molecule has 3 unspecified atom stereocenters. The van der Waals surface area contributed by atoms with Gasteiger partial charge in [0.15, 0.2) is 6.04 Å². The minimum atomic E-state index is -4.79. The summed E-state index contributed by atoms with van der Waals surface area (Å²) in [5, 5.41) is 21.9. The lowest BCUT2D eigenvalue weighted by Gasteiger charge is -2.18. The molecule has 370 valence electrons. The van der Waals surface area contributed by atoms with Crippen molar-refractivity contribution in [2.75, 3.05) is 19.8 Å². The second kappa shape index (κ2) is 47.1. The van der Waals surface area contributed by atoms with Gasteiger partial charge in [-0.05, 0) is 109 Å². The van der Waals surface area contributed by atoms with Gasteiger partial charge in [0.25, 0.3) is 0 Å². The average Bonchev–Trinajstić information content (AvgIpc) is 3.29. The third kappa shape index (κ3) is 46.2. The Morgan fingerprint density at radius 1 is 0.485 bits per heavy atom. The number of allylic oxidation sites excluding steroid dienone is 22. The highest BCUT2D eigenvalue weighted by Crippen LogP contribution is 2.43. The SMILES string of the molecule is CC/C=C\C/C=C\C/C=C\C/C=C\C/C=C\C/C=C\CCCCCCC(=O)NC(COP(=O)(O)OCC(O)COC(=O)CCCCC/C=C\C/C=C\C/C=C\C/C=C\C/C=C\CC)C(=O)O. The maximum Gasteiger partial charge on any atom is 0.472 e. The molecule has 0 heterocycles. The van der Waals surface area contributed by atoms with E-state index in [0.29, 0.717) is 12.8 Å². The van der Waals surface area contributed by atoms with Gasteiger partial charge in [0.05, 0.1) is 13.2 Å². The standard InChI is InChI=1S/C54H84NO10P/c1-3-5-7-9-11-13-15-17-19-21-23-24-25-26-28-29-31-33-35-37-39-41-43-45-52(57)55-51(54(59)60)49-65-66(61,62)64-48-50(56)47-63-53(58)46-44-42-40-38-36-34-32-30-27-22-20-18-16-14-12-10-8-6-4-2/h5-8,11-14,17-20,23-24,26-28,30-31,33-34,36,50-51,56H,3-4,9-10,15-16,21-22,25,29,32,35,37-49H2,1-2H3,(H,55,57)(H,59,60)(H,61,62)/b7-5-,8-6-,13-11-,14-12-,19-17-,20-18-,24-23-,28-26-,30-27-,33-31-,36-34-. The Balaban J connectivity index is 4.00. The van der Waals surface area contributed by atoms with Crippen LogP contribution in [0.4, 0.5) is 0 Å². The molecular formula is C54H84NO10P. The van der Waals surface area contributed by atoms with E-state index in [2.05, 4.69) is 153 Å². The lowest BCUT2D eigenvalue weighted by atomic mass is 10.1. The first-order valence-corrected chi connectivity index (χ1v) is 25.7. The number of amides is 1. The van der Waals surface area contributed by atoms with E-state index in [1.54, 1.807) is 0 Å². The number of phosphoric ester groups is 1. The summed E-state index contributed by atoms with van der Waals surface area (Å²) in [7, 11) is -4.79. The molecule has 66 heavy (non-hydrogen) atoms. The topological polar surface area (TPSA) is 169 Å². The van der Waals surface area contributed by atoms with Crippen molar-refractivity contribution in [1.82, 2.24) is 5.32 Å². The summed E-state index contributed by atoms with van der Waals surface area (Å²) in [5.41, 5.74) is 0. The Labute approximate surface area is 398 Å². The van der Waals surface area contributed by atoms with E-state index in [1.807, 2.05) is 0 Å². The predicted octanol–water partition coefficient (Wildman–Crippen LogP) is 13.3. The second-order valence-electron chi connectivity index (χ2n) is 15.5. The van der Waals surface area contributed by atoms with Crippen molar-refractivity contribution < 1.29 is 47.8 Å². The fourth-order valence-corrected chi connectivity index (χ4v) is 6.53. The number of carbonyl (C=O) groups excluding carboxylic acids is 2. The van der Waals surface area contributed by atoms with Gasteiger partial charge in [0.2, 0.25) is 5.91 Å². The number of hydrogen-bond donors (Lipinski definition) is 4. The molecule has 3 atom stereocenters. The van der Waals surface area contributed by atoms with E-state index >= 15 is 0 Å². The lowest BCUT2D eigenvalue weighted by molar-refractivity contribution is -0.147. The van der Waals surface area contributed by atoms with Crippen LogP contribution in [0.3, 0.4) is 0 Å². The highest BCUT2D eigenvalue weighted by molar-refractivity contribution is 7.47. The average molecular weight is 938 g/mol. The van der Waals surface area contributed by atoms with Crippen molar-refractivity contribution in [2.24, 2.45) is 0 Å². The van der Waals surface area contributed by atoms with Gasteiger partial charge in [0.1, 0.15) is 12.7 Å². The van der Waals surface area contributed by atoms with E-state index in [1.165, 1.54) is 0 Å². The van der Waals surface area contributed by atoms with Crippen molar-refractivity contribution in [2.45, 2.75) is 167 Å². The van der Waals surface area contributed by atoms with Crippen molar-refractivity contribution in [3.05, 3.63) is 134 Å². The van der Waals surface area contributed by atoms with Crippen LogP contribution in [0.15, 0.2) is 134 Å². The van der Waals surface area contributed by atoms with Gasteiger partial charge in [-0.2, -0.15) is 0 Å². The van der Waals surface area contributed by atoms with Crippen LogP contribution in [0, 0.1) is 0 Å². The summed E-state index contributed by atoms with van der Waals surface area (Å²) in [4.78, 5) is 46.1. The van der Waals surface area contributed by atoms with E-state index in [9.17, 15) is 34.1 Å². The number of ether oxygens (including phenoxy) is 1. The van der Waals surface area contributed by atoms with E-state index in [-0.39, 0.29) is 12.8 Å². The van der Waals surface area contributed by atoms with Gasteiger partial charge in [-0.15, -0.1) is 0 Å². The summed E-state index contributed by atoms with van der Waals surface area (Å²) in [6.07, 6.45) is 64.7. The first-order valence-electron chi connectivity index (χ1n) is 24.2. The number of nitrogens with one attached hydrogen (secondary N) is 1. The minimum Gasteiger partial charge on any atom is -0.480 e. The van der Waals surface area contributed by atoms with Crippen molar-refractivity contribution in [1.29, 1.82) is 0 Å². The van der Waals surface area contributed by atoms with E-state index in [4.69, 9.17) is 13.8 Å². The summed E-state index contributed by atoms with van der Waals surface area (Å²) < 4.78 is 26.9. The zero-order valence-electron chi connectivity index (χ0n) is 40.2. The van der Waals surface area contributed by atoms with Crippen LogP contribution < -0.4 is 5.32 Å². The normalized spacial score (nSPS) is 14.7. The van der Waals surface area contributed by atoms with Gasteiger partial charge in [-0.1, -0.05) is 167 Å². The van der Waals surface area contributed by atoms with Crippen molar-refractivity contribution >= 4 is 25.7 Å². The minimum absolute atomic E-state index is 0.104. The molecule has 0 fully saturated rings. The largest absolute Gasteiger partial charge is 0.480 e. The molecule has 0 radical (unpaired) electrons. The van der Waals surface area contributed by atoms with E-state index < -0.39 is 57.6 Å². The molecular weight excluding hydrogens is 854 g/mol. The first-order chi connectivity index (χ1) is 32.1. The molecule has 0 aromatic rings. The Morgan fingerprint density at radius 2 is 0.833 bits per heavy atom. The molecule has 11 nitrogen and oxygen atoms in total. The van der Waals surface area contributed by atoms with Crippen LogP contribution in [0.25, 0.3) is 0 Å². The number of esters is 1. The lowest BCUT2D eigenvalue weighted by Crippen LogP contribution is -2.43. The zero-order valence-corrected chi connectivity index (χ0v) is 41.1. The summed E-state index contributed by atoms with van der Waals surface area (Å²) in [6, 6.07) is -1.58. The number of unbranched alkanes of at least 4 members (excludes halogenated alkanes) is 7.